The maximum atomic E-state index is 5.72. The topological polar surface area (TPSA) is 48.1 Å². The van der Waals surface area contributed by atoms with Crippen LogP contribution in [-0.4, -0.2) is 12.1 Å². The molecule has 17 heavy (non-hydrogen) atoms. The average molecular weight is 228 g/mol. The minimum Gasteiger partial charge on any atom is -0.496 e. The molecule has 0 aliphatic carbocycles. The first-order chi connectivity index (χ1) is 8.26. The predicted octanol–water partition coefficient (Wildman–Crippen LogP) is 2.52. The molecule has 1 aromatic heterocycles. The lowest BCUT2D eigenvalue weighted by Gasteiger charge is -2.09. The number of aromatic nitrogens is 1. The third-order valence-corrected chi connectivity index (χ3v) is 2.78. The molecule has 0 fully saturated rings. The van der Waals surface area contributed by atoms with Crippen LogP contribution in [0.1, 0.15) is 11.1 Å². The molecule has 0 spiro atoms. The zero-order valence-electron chi connectivity index (χ0n) is 10.1. The largest absolute Gasteiger partial charge is 0.496 e. The average Bonchev–Trinajstić information content (AvgIpc) is 2.38. The highest BCUT2D eigenvalue weighted by molar-refractivity contribution is 5.65. The van der Waals surface area contributed by atoms with E-state index in [2.05, 4.69) is 11.1 Å². The molecule has 0 saturated carbocycles. The first kappa shape index (κ1) is 11.6. The van der Waals surface area contributed by atoms with E-state index in [4.69, 9.17) is 10.5 Å². The summed E-state index contributed by atoms with van der Waals surface area (Å²) in [6.07, 6.45) is 1.79. The molecule has 2 aromatic rings. The van der Waals surface area contributed by atoms with Crippen molar-refractivity contribution in [3.05, 3.63) is 47.7 Å². The zero-order chi connectivity index (χ0) is 12.3. The van der Waals surface area contributed by atoms with Gasteiger partial charge < -0.3 is 10.5 Å². The summed E-state index contributed by atoms with van der Waals surface area (Å²) in [6.45, 7) is 2.52. The summed E-state index contributed by atoms with van der Waals surface area (Å²) >= 11 is 0. The SMILES string of the molecule is COc1ccc(-c2ncccc2CN)cc1C. The minimum absolute atomic E-state index is 0.494. The highest BCUT2D eigenvalue weighted by Crippen LogP contribution is 2.26. The maximum absolute atomic E-state index is 5.72. The molecular formula is C14H16N2O. The molecule has 2 rings (SSSR count). The number of pyridine rings is 1. The van der Waals surface area contributed by atoms with Gasteiger partial charge in [-0.3, -0.25) is 4.98 Å². The van der Waals surface area contributed by atoms with Gasteiger partial charge in [-0.15, -0.1) is 0 Å². The van der Waals surface area contributed by atoms with Gasteiger partial charge in [0.2, 0.25) is 0 Å². The standard InChI is InChI=1S/C14H16N2O/c1-10-8-11(5-6-13(10)17-2)14-12(9-15)4-3-7-16-14/h3-8H,9,15H2,1-2H3. The molecule has 88 valence electrons. The van der Waals surface area contributed by atoms with Crippen molar-refractivity contribution in [2.24, 2.45) is 5.73 Å². The second kappa shape index (κ2) is 4.97. The van der Waals surface area contributed by atoms with E-state index in [9.17, 15) is 0 Å². The number of methoxy groups -OCH3 is 1. The number of benzene rings is 1. The van der Waals surface area contributed by atoms with Gasteiger partial charge in [0, 0.05) is 18.3 Å². The van der Waals surface area contributed by atoms with Crippen LogP contribution in [-0.2, 0) is 6.54 Å². The first-order valence-corrected chi connectivity index (χ1v) is 5.55. The van der Waals surface area contributed by atoms with Crippen molar-refractivity contribution in [3.63, 3.8) is 0 Å². The fraction of sp³-hybridized carbons (Fsp3) is 0.214. The number of ether oxygens (including phenoxy) is 1. The zero-order valence-corrected chi connectivity index (χ0v) is 10.1. The van der Waals surface area contributed by atoms with Gasteiger partial charge in [-0.1, -0.05) is 6.07 Å². The van der Waals surface area contributed by atoms with E-state index in [0.717, 1.165) is 28.1 Å². The van der Waals surface area contributed by atoms with Gasteiger partial charge in [-0.2, -0.15) is 0 Å². The third kappa shape index (κ3) is 2.29. The lowest BCUT2D eigenvalue weighted by molar-refractivity contribution is 0.412. The van der Waals surface area contributed by atoms with Gasteiger partial charge in [0.1, 0.15) is 5.75 Å². The van der Waals surface area contributed by atoms with E-state index in [-0.39, 0.29) is 0 Å². The van der Waals surface area contributed by atoms with Gasteiger partial charge in [-0.25, -0.2) is 0 Å². The molecule has 0 aliphatic rings. The number of aryl methyl sites for hydroxylation is 1. The molecule has 0 amide bonds. The Bertz CT molecular complexity index is 523. The Hall–Kier alpha value is -1.87. The molecule has 0 saturated heterocycles. The number of hydrogen-bond donors (Lipinski definition) is 1. The van der Waals surface area contributed by atoms with Crippen LogP contribution in [0.2, 0.25) is 0 Å². The second-order valence-electron chi connectivity index (χ2n) is 3.90. The summed E-state index contributed by atoms with van der Waals surface area (Å²) in [7, 11) is 1.67. The van der Waals surface area contributed by atoms with Crippen LogP contribution < -0.4 is 10.5 Å². The van der Waals surface area contributed by atoms with Gasteiger partial charge in [0.15, 0.2) is 0 Å². The Morgan fingerprint density at radius 3 is 2.76 bits per heavy atom. The normalized spacial score (nSPS) is 10.3. The van der Waals surface area contributed by atoms with Crippen molar-refractivity contribution in [1.82, 2.24) is 4.98 Å². The van der Waals surface area contributed by atoms with E-state index in [1.54, 1.807) is 13.3 Å². The summed E-state index contributed by atoms with van der Waals surface area (Å²) in [5.74, 6) is 0.888. The van der Waals surface area contributed by atoms with Crippen LogP contribution in [0.25, 0.3) is 11.3 Å². The van der Waals surface area contributed by atoms with Gasteiger partial charge >= 0.3 is 0 Å². The number of nitrogens with zero attached hydrogens (tertiary/aromatic N) is 1. The molecule has 1 aromatic carbocycles. The molecular weight excluding hydrogens is 212 g/mol. The summed E-state index contributed by atoms with van der Waals surface area (Å²) in [5.41, 5.74) is 9.88. The molecule has 2 N–H and O–H groups in total. The van der Waals surface area contributed by atoms with Gasteiger partial charge in [0.05, 0.1) is 12.8 Å². The molecule has 0 bridgehead atoms. The van der Waals surface area contributed by atoms with Crippen molar-refractivity contribution in [1.29, 1.82) is 0 Å². The summed E-state index contributed by atoms with van der Waals surface area (Å²) in [6, 6.07) is 9.94. The Kier molecular flexibility index (Phi) is 3.40. The van der Waals surface area contributed by atoms with Gasteiger partial charge in [-0.05, 0) is 42.3 Å². The maximum Gasteiger partial charge on any atom is 0.121 e. The van der Waals surface area contributed by atoms with Crippen LogP contribution >= 0.6 is 0 Å². The van der Waals surface area contributed by atoms with Crippen LogP contribution in [0.15, 0.2) is 36.5 Å². The van der Waals surface area contributed by atoms with E-state index < -0.39 is 0 Å². The number of nitrogens with two attached hydrogens (primary N) is 1. The smallest absolute Gasteiger partial charge is 0.121 e. The van der Waals surface area contributed by atoms with Crippen LogP contribution in [0.3, 0.4) is 0 Å². The van der Waals surface area contributed by atoms with Crippen molar-refractivity contribution in [3.8, 4) is 17.0 Å². The van der Waals surface area contributed by atoms with E-state index in [0.29, 0.717) is 6.54 Å². The van der Waals surface area contributed by atoms with Gasteiger partial charge in [0.25, 0.3) is 0 Å². The summed E-state index contributed by atoms with van der Waals surface area (Å²) in [5, 5.41) is 0. The van der Waals surface area contributed by atoms with Crippen LogP contribution in [0.5, 0.6) is 5.75 Å². The molecule has 0 unspecified atom stereocenters. The quantitative estimate of drug-likeness (QED) is 0.878. The van der Waals surface area contributed by atoms with Crippen LogP contribution in [0.4, 0.5) is 0 Å². The number of rotatable bonds is 3. The predicted molar refractivity (Wildman–Crippen MR) is 68.9 cm³/mol. The van der Waals surface area contributed by atoms with E-state index in [1.807, 2.05) is 31.2 Å². The highest BCUT2D eigenvalue weighted by atomic mass is 16.5. The molecule has 0 radical (unpaired) electrons. The van der Waals surface area contributed by atoms with Crippen molar-refractivity contribution in [2.45, 2.75) is 13.5 Å². The number of hydrogen-bond acceptors (Lipinski definition) is 3. The Balaban J connectivity index is 2.49. The van der Waals surface area contributed by atoms with E-state index in [1.165, 1.54) is 0 Å². The molecule has 1 heterocycles. The first-order valence-electron chi connectivity index (χ1n) is 5.55. The fourth-order valence-corrected chi connectivity index (χ4v) is 1.89. The fourth-order valence-electron chi connectivity index (χ4n) is 1.89. The highest BCUT2D eigenvalue weighted by Gasteiger charge is 2.06. The van der Waals surface area contributed by atoms with Crippen molar-refractivity contribution >= 4 is 0 Å². The Labute approximate surface area is 101 Å². The molecule has 3 nitrogen and oxygen atoms in total. The Morgan fingerprint density at radius 2 is 2.12 bits per heavy atom. The summed E-state index contributed by atoms with van der Waals surface area (Å²) in [4.78, 5) is 4.40. The second-order valence-corrected chi connectivity index (χ2v) is 3.90. The molecule has 0 atom stereocenters. The lowest BCUT2D eigenvalue weighted by Crippen LogP contribution is -2.00. The van der Waals surface area contributed by atoms with E-state index >= 15 is 0 Å². The molecule has 3 heteroatoms. The third-order valence-electron chi connectivity index (χ3n) is 2.78. The monoisotopic (exact) mass is 228 g/mol. The van der Waals surface area contributed by atoms with Crippen molar-refractivity contribution < 1.29 is 4.74 Å². The molecule has 0 aliphatic heterocycles. The Morgan fingerprint density at radius 1 is 1.29 bits per heavy atom. The van der Waals surface area contributed by atoms with Crippen LogP contribution in [0, 0.1) is 6.92 Å². The van der Waals surface area contributed by atoms with Crippen molar-refractivity contribution in [2.75, 3.05) is 7.11 Å². The lowest BCUT2D eigenvalue weighted by atomic mass is 10.0. The minimum atomic E-state index is 0.494. The summed E-state index contributed by atoms with van der Waals surface area (Å²) < 4.78 is 5.25.